The van der Waals surface area contributed by atoms with Crippen molar-refractivity contribution in [3.63, 3.8) is 0 Å². The van der Waals surface area contributed by atoms with E-state index in [2.05, 4.69) is 10.6 Å². The highest BCUT2D eigenvalue weighted by atomic mass is 32.2. The summed E-state index contributed by atoms with van der Waals surface area (Å²) in [4.78, 5) is 24.2. The van der Waals surface area contributed by atoms with Crippen LogP contribution in [0.3, 0.4) is 0 Å². The molecule has 0 unspecified atom stereocenters. The van der Waals surface area contributed by atoms with Gasteiger partial charge in [-0.1, -0.05) is 12.1 Å². The summed E-state index contributed by atoms with van der Waals surface area (Å²) in [5, 5.41) is 14.1. The predicted octanol–water partition coefficient (Wildman–Crippen LogP) is 2.23. The summed E-state index contributed by atoms with van der Waals surface area (Å²) in [5.41, 5.74) is 1.92. The van der Waals surface area contributed by atoms with E-state index in [1.807, 2.05) is 6.07 Å². The van der Waals surface area contributed by atoms with Crippen molar-refractivity contribution in [3.8, 4) is 6.07 Å². The van der Waals surface area contributed by atoms with Crippen LogP contribution in [0.5, 0.6) is 0 Å². The molecule has 0 spiro atoms. The molecular formula is C21H21N3O5S. The molecule has 0 bridgehead atoms. The van der Waals surface area contributed by atoms with Crippen molar-refractivity contribution >= 4 is 33.0 Å². The summed E-state index contributed by atoms with van der Waals surface area (Å²) in [6.45, 7) is 0.580. The van der Waals surface area contributed by atoms with Crippen LogP contribution in [-0.4, -0.2) is 38.7 Å². The molecule has 1 aliphatic heterocycles. The van der Waals surface area contributed by atoms with E-state index in [0.717, 1.165) is 6.42 Å². The number of sulfone groups is 1. The van der Waals surface area contributed by atoms with Crippen LogP contribution in [0.1, 0.15) is 24.0 Å². The van der Waals surface area contributed by atoms with Gasteiger partial charge in [0.05, 0.1) is 17.4 Å². The minimum absolute atomic E-state index is 0.210. The van der Waals surface area contributed by atoms with Crippen molar-refractivity contribution in [2.24, 2.45) is 0 Å². The number of benzene rings is 2. The summed E-state index contributed by atoms with van der Waals surface area (Å²) in [7, 11) is -3.67. The molecule has 1 aliphatic rings. The average molecular weight is 427 g/mol. The number of nitrogens with zero attached hydrogens (tertiary/aromatic N) is 1. The molecule has 1 heterocycles. The normalized spacial score (nSPS) is 15.9. The molecule has 1 saturated heterocycles. The Balaban J connectivity index is 1.52. The molecule has 156 valence electrons. The van der Waals surface area contributed by atoms with Gasteiger partial charge in [-0.3, -0.25) is 9.59 Å². The van der Waals surface area contributed by atoms with E-state index in [1.54, 1.807) is 36.4 Å². The molecule has 0 saturated carbocycles. The number of hydrogen-bond donors (Lipinski definition) is 2. The topological polar surface area (TPSA) is 125 Å². The maximum absolute atomic E-state index is 12.3. The van der Waals surface area contributed by atoms with Crippen LogP contribution in [0.25, 0.3) is 0 Å². The molecule has 9 heteroatoms. The van der Waals surface area contributed by atoms with Crippen LogP contribution >= 0.6 is 0 Å². The van der Waals surface area contributed by atoms with Crippen LogP contribution in [0.4, 0.5) is 11.4 Å². The minimum atomic E-state index is -3.67. The second kappa shape index (κ2) is 9.52. The lowest BCUT2D eigenvalue weighted by Crippen LogP contribution is -2.26. The Labute approximate surface area is 174 Å². The second-order valence-corrected chi connectivity index (χ2v) is 9.02. The number of ether oxygens (including phenoxy) is 1. The van der Waals surface area contributed by atoms with Gasteiger partial charge in [-0.05, 0) is 54.8 Å². The Hall–Kier alpha value is -3.22. The van der Waals surface area contributed by atoms with Gasteiger partial charge in [-0.25, -0.2) is 8.42 Å². The third kappa shape index (κ3) is 6.14. The first-order valence-electron chi connectivity index (χ1n) is 9.36. The molecule has 3 rings (SSSR count). The number of hydrogen-bond acceptors (Lipinski definition) is 6. The third-order valence-electron chi connectivity index (χ3n) is 4.48. The standard InChI is InChI=1S/C21H21N3O5S/c22-12-15-3-5-16(6-4-15)13-30(27,28)14-20(25)23-17-7-9-18(10-8-17)24-21(26)19-2-1-11-29-19/h3-10,19H,1-2,11,13-14H2,(H,23,25)(H,24,26)/t19-/m0/s1. The van der Waals surface area contributed by atoms with Crippen molar-refractivity contribution < 1.29 is 22.7 Å². The Morgan fingerprint density at radius 3 is 2.23 bits per heavy atom. The number of carbonyl (C=O) groups is 2. The molecule has 0 aliphatic carbocycles. The van der Waals surface area contributed by atoms with Gasteiger partial charge in [-0.15, -0.1) is 0 Å². The zero-order chi connectivity index (χ0) is 21.6. The lowest BCUT2D eigenvalue weighted by Gasteiger charge is -2.11. The van der Waals surface area contributed by atoms with Gasteiger partial charge in [0.1, 0.15) is 11.9 Å². The van der Waals surface area contributed by atoms with E-state index in [1.165, 1.54) is 12.1 Å². The van der Waals surface area contributed by atoms with Crippen molar-refractivity contribution in [3.05, 3.63) is 59.7 Å². The van der Waals surface area contributed by atoms with E-state index >= 15 is 0 Å². The first kappa shape index (κ1) is 21.5. The van der Waals surface area contributed by atoms with Gasteiger partial charge < -0.3 is 15.4 Å². The molecule has 2 aromatic carbocycles. The summed E-state index contributed by atoms with van der Waals surface area (Å²) in [6.07, 6.45) is 1.11. The highest BCUT2D eigenvalue weighted by molar-refractivity contribution is 7.91. The molecule has 1 atom stereocenters. The maximum Gasteiger partial charge on any atom is 0.253 e. The predicted molar refractivity (Wildman–Crippen MR) is 111 cm³/mol. The molecule has 2 aromatic rings. The van der Waals surface area contributed by atoms with Crippen molar-refractivity contribution in [2.75, 3.05) is 23.0 Å². The Bertz CT molecular complexity index is 1050. The summed E-state index contributed by atoms with van der Waals surface area (Å²) in [6, 6.07) is 14.5. The lowest BCUT2D eigenvalue weighted by molar-refractivity contribution is -0.124. The highest BCUT2D eigenvalue weighted by Crippen LogP contribution is 2.17. The fraction of sp³-hybridized carbons (Fsp3) is 0.286. The maximum atomic E-state index is 12.3. The Morgan fingerprint density at radius 2 is 1.67 bits per heavy atom. The average Bonchev–Trinajstić information content (AvgIpc) is 3.24. The summed E-state index contributed by atoms with van der Waals surface area (Å²) >= 11 is 0. The van der Waals surface area contributed by atoms with Crippen molar-refractivity contribution in [1.82, 2.24) is 0 Å². The van der Waals surface area contributed by atoms with Crippen LogP contribution in [-0.2, 0) is 29.9 Å². The van der Waals surface area contributed by atoms with E-state index < -0.39 is 27.6 Å². The zero-order valence-electron chi connectivity index (χ0n) is 16.1. The smallest absolute Gasteiger partial charge is 0.253 e. The van der Waals surface area contributed by atoms with E-state index in [4.69, 9.17) is 10.00 Å². The van der Waals surface area contributed by atoms with Crippen LogP contribution < -0.4 is 10.6 Å². The molecule has 2 N–H and O–H groups in total. The molecule has 2 amide bonds. The van der Waals surface area contributed by atoms with E-state index in [0.29, 0.717) is 35.5 Å². The number of amides is 2. The number of nitriles is 1. The van der Waals surface area contributed by atoms with Gasteiger partial charge in [0.25, 0.3) is 5.91 Å². The van der Waals surface area contributed by atoms with Gasteiger partial charge in [0.15, 0.2) is 9.84 Å². The second-order valence-electron chi connectivity index (χ2n) is 6.96. The lowest BCUT2D eigenvalue weighted by atomic mass is 10.2. The third-order valence-corrected chi connectivity index (χ3v) is 5.95. The molecule has 0 aromatic heterocycles. The molecule has 30 heavy (non-hydrogen) atoms. The van der Waals surface area contributed by atoms with Crippen molar-refractivity contribution in [2.45, 2.75) is 24.7 Å². The Morgan fingerprint density at radius 1 is 1.03 bits per heavy atom. The van der Waals surface area contributed by atoms with Crippen LogP contribution in [0.2, 0.25) is 0 Å². The quantitative estimate of drug-likeness (QED) is 0.698. The van der Waals surface area contributed by atoms with Gasteiger partial charge in [0.2, 0.25) is 5.91 Å². The SMILES string of the molecule is N#Cc1ccc(CS(=O)(=O)CC(=O)Nc2ccc(NC(=O)[C@@H]3CCCO3)cc2)cc1. The van der Waals surface area contributed by atoms with Gasteiger partial charge in [-0.2, -0.15) is 5.26 Å². The first-order chi connectivity index (χ1) is 14.3. The highest BCUT2D eigenvalue weighted by Gasteiger charge is 2.23. The van der Waals surface area contributed by atoms with E-state index in [9.17, 15) is 18.0 Å². The minimum Gasteiger partial charge on any atom is -0.368 e. The molecular weight excluding hydrogens is 406 g/mol. The zero-order valence-corrected chi connectivity index (χ0v) is 16.9. The number of rotatable bonds is 7. The van der Waals surface area contributed by atoms with Crippen LogP contribution in [0, 0.1) is 11.3 Å². The number of nitrogens with one attached hydrogen (secondary N) is 2. The molecule has 0 radical (unpaired) electrons. The van der Waals surface area contributed by atoms with Crippen molar-refractivity contribution in [1.29, 1.82) is 5.26 Å². The number of carbonyl (C=O) groups excluding carboxylic acids is 2. The van der Waals surface area contributed by atoms with Crippen LogP contribution in [0.15, 0.2) is 48.5 Å². The Kier molecular flexibility index (Phi) is 6.82. The molecule has 1 fully saturated rings. The fourth-order valence-corrected chi connectivity index (χ4v) is 4.30. The largest absolute Gasteiger partial charge is 0.368 e. The number of anilines is 2. The molecule has 8 nitrogen and oxygen atoms in total. The van der Waals surface area contributed by atoms with Gasteiger partial charge >= 0.3 is 0 Å². The van der Waals surface area contributed by atoms with Gasteiger partial charge in [0, 0.05) is 18.0 Å². The fourth-order valence-electron chi connectivity index (χ4n) is 3.02. The monoisotopic (exact) mass is 427 g/mol. The van der Waals surface area contributed by atoms with E-state index in [-0.39, 0.29) is 11.7 Å². The summed E-state index contributed by atoms with van der Waals surface area (Å²) < 4.78 is 29.9. The first-order valence-corrected chi connectivity index (χ1v) is 11.2. The summed E-state index contributed by atoms with van der Waals surface area (Å²) in [5.74, 6) is -1.82.